The van der Waals surface area contributed by atoms with Crippen LogP contribution in [-0.2, 0) is 10.0 Å². The summed E-state index contributed by atoms with van der Waals surface area (Å²) in [7, 11) is -3.95. The van der Waals surface area contributed by atoms with Crippen LogP contribution in [0.4, 0.5) is 4.39 Å². The molecule has 146 valence electrons. The summed E-state index contributed by atoms with van der Waals surface area (Å²) in [5.74, 6) is -1.09. The number of hydrogen-bond acceptors (Lipinski definition) is 4. The van der Waals surface area contributed by atoms with Gasteiger partial charge in [-0.05, 0) is 50.4 Å². The van der Waals surface area contributed by atoms with Gasteiger partial charge in [-0.25, -0.2) is 17.5 Å². The molecule has 2 N–H and O–H groups in total. The average molecular weight is 406 g/mol. The Morgan fingerprint density at radius 2 is 2.08 bits per heavy atom. The summed E-state index contributed by atoms with van der Waals surface area (Å²) in [5, 5.41) is 3.23. The van der Waals surface area contributed by atoms with Gasteiger partial charge in [-0.15, -0.1) is 12.4 Å². The smallest absolute Gasteiger partial charge is 0.254 e. The Hall–Kier alpha value is -1.22. The molecule has 0 aromatic heterocycles. The van der Waals surface area contributed by atoms with Crippen molar-refractivity contribution in [1.82, 2.24) is 14.9 Å². The molecule has 1 aliphatic carbocycles. The second kappa shape index (κ2) is 8.65. The van der Waals surface area contributed by atoms with Gasteiger partial charge in [0.05, 0.1) is 0 Å². The average Bonchev–Trinajstić information content (AvgIpc) is 3.21. The number of benzene rings is 1. The molecule has 2 fully saturated rings. The molecule has 2 aliphatic rings. The molecule has 0 radical (unpaired) electrons. The highest BCUT2D eigenvalue weighted by atomic mass is 35.5. The number of hydrogen-bond donors (Lipinski definition) is 2. The molecule has 1 aliphatic heterocycles. The molecule has 0 spiro atoms. The van der Waals surface area contributed by atoms with Crippen molar-refractivity contribution in [1.29, 1.82) is 0 Å². The molecule has 6 nitrogen and oxygen atoms in total. The van der Waals surface area contributed by atoms with Crippen LogP contribution in [0.3, 0.4) is 0 Å². The van der Waals surface area contributed by atoms with Gasteiger partial charge in [0.2, 0.25) is 10.0 Å². The van der Waals surface area contributed by atoms with Gasteiger partial charge < -0.3 is 10.2 Å². The molecule has 26 heavy (non-hydrogen) atoms. The van der Waals surface area contributed by atoms with Crippen molar-refractivity contribution in [2.45, 2.75) is 49.6 Å². The molecular formula is C17H25ClFN3O3S. The lowest BCUT2D eigenvalue weighted by Gasteiger charge is -2.28. The molecule has 1 amide bonds. The van der Waals surface area contributed by atoms with Crippen LogP contribution in [0.2, 0.25) is 0 Å². The lowest BCUT2D eigenvalue weighted by atomic mass is 10.1. The number of sulfonamides is 1. The van der Waals surface area contributed by atoms with E-state index in [1.54, 1.807) is 4.90 Å². The first-order chi connectivity index (χ1) is 11.9. The Morgan fingerprint density at radius 3 is 2.65 bits per heavy atom. The van der Waals surface area contributed by atoms with E-state index in [1.165, 1.54) is 6.07 Å². The molecule has 1 heterocycles. The van der Waals surface area contributed by atoms with Gasteiger partial charge in [0.25, 0.3) is 5.91 Å². The van der Waals surface area contributed by atoms with E-state index in [0.29, 0.717) is 6.54 Å². The van der Waals surface area contributed by atoms with Gasteiger partial charge in [-0.3, -0.25) is 4.79 Å². The third-order valence-electron chi connectivity index (χ3n) is 4.57. The number of amides is 1. The van der Waals surface area contributed by atoms with Crippen LogP contribution in [0.15, 0.2) is 23.1 Å². The van der Waals surface area contributed by atoms with Crippen molar-refractivity contribution >= 4 is 28.3 Å². The highest BCUT2D eigenvalue weighted by Crippen LogP contribution is 2.24. The van der Waals surface area contributed by atoms with Crippen molar-refractivity contribution in [2.24, 2.45) is 0 Å². The molecule has 0 bridgehead atoms. The van der Waals surface area contributed by atoms with E-state index in [-0.39, 0.29) is 36.0 Å². The normalized spacial score (nSPS) is 19.8. The summed E-state index contributed by atoms with van der Waals surface area (Å²) in [4.78, 5) is 14.2. The molecule has 1 aromatic carbocycles. The Balaban J connectivity index is 0.00000243. The van der Waals surface area contributed by atoms with Gasteiger partial charge in [-0.1, -0.05) is 6.92 Å². The van der Waals surface area contributed by atoms with Crippen LogP contribution < -0.4 is 10.0 Å². The third-order valence-corrected chi connectivity index (χ3v) is 6.10. The first-order valence-corrected chi connectivity index (χ1v) is 10.2. The van der Waals surface area contributed by atoms with Crippen LogP contribution in [0.1, 0.15) is 43.0 Å². The topological polar surface area (TPSA) is 78.5 Å². The van der Waals surface area contributed by atoms with E-state index < -0.39 is 20.7 Å². The molecule has 1 saturated heterocycles. The maximum absolute atomic E-state index is 14.1. The summed E-state index contributed by atoms with van der Waals surface area (Å²) < 4.78 is 41.2. The molecular weight excluding hydrogens is 381 g/mol. The fourth-order valence-electron chi connectivity index (χ4n) is 3.09. The molecule has 9 heteroatoms. The zero-order valence-electron chi connectivity index (χ0n) is 14.7. The number of nitrogens with one attached hydrogen (secondary N) is 2. The SMILES string of the molecule is CCCN(C(=O)c1ccc(F)c(S(=O)(=O)NC2CC2)c1)C1CCNC1.Cl. The number of halogens is 2. The standard InChI is InChI=1S/C17H24FN3O3S.ClH/c1-2-9-21(14-7-8-19-11-14)17(22)12-3-6-15(18)16(10-12)25(23,24)20-13-4-5-13;/h3,6,10,13-14,19-20H,2,4-5,7-9,11H2,1H3;1H. The van der Waals surface area contributed by atoms with E-state index in [0.717, 1.165) is 50.9 Å². The van der Waals surface area contributed by atoms with Gasteiger partial charge in [0.15, 0.2) is 0 Å². The maximum Gasteiger partial charge on any atom is 0.254 e. The van der Waals surface area contributed by atoms with E-state index in [2.05, 4.69) is 10.0 Å². The first kappa shape index (κ1) is 21.1. The third kappa shape index (κ3) is 4.73. The van der Waals surface area contributed by atoms with Crippen LogP contribution in [-0.4, -0.2) is 50.9 Å². The molecule has 1 unspecified atom stereocenters. The van der Waals surface area contributed by atoms with Crippen molar-refractivity contribution in [3.8, 4) is 0 Å². The first-order valence-electron chi connectivity index (χ1n) is 8.76. The maximum atomic E-state index is 14.1. The monoisotopic (exact) mass is 405 g/mol. The van der Waals surface area contributed by atoms with Crippen LogP contribution >= 0.6 is 12.4 Å². The van der Waals surface area contributed by atoms with Gasteiger partial charge in [0, 0.05) is 30.7 Å². The minimum atomic E-state index is -3.95. The fourth-order valence-corrected chi connectivity index (χ4v) is 4.50. The minimum Gasteiger partial charge on any atom is -0.334 e. The van der Waals surface area contributed by atoms with Gasteiger partial charge >= 0.3 is 0 Å². The fraction of sp³-hybridized carbons (Fsp3) is 0.588. The van der Waals surface area contributed by atoms with Crippen molar-refractivity contribution in [3.63, 3.8) is 0 Å². The highest BCUT2D eigenvalue weighted by Gasteiger charge is 2.31. The summed E-state index contributed by atoms with van der Waals surface area (Å²) >= 11 is 0. The quantitative estimate of drug-likeness (QED) is 0.726. The molecule has 1 aromatic rings. The summed E-state index contributed by atoms with van der Waals surface area (Å²) in [6.45, 7) is 4.15. The van der Waals surface area contributed by atoms with Crippen LogP contribution in [0, 0.1) is 5.82 Å². The molecule has 1 saturated carbocycles. The Labute approximate surface area is 160 Å². The van der Waals surface area contributed by atoms with E-state index >= 15 is 0 Å². The second-order valence-electron chi connectivity index (χ2n) is 6.69. The summed E-state index contributed by atoms with van der Waals surface area (Å²) in [5.41, 5.74) is 0.206. The zero-order chi connectivity index (χ0) is 18.0. The molecule has 1 atom stereocenters. The summed E-state index contributed by atoms with van der Waals surface area (Å²) in [6, 6.07) is 3.55. The predicted octanol–water partition coefficient (Wildman–Crippen LogP) is 1.90. The number of nitrogens with zero attached hydrogens (tertiary/aromatic N) is 1. The Bertz CT molecular complexity index is 750. The number of carbonyl (C=O) groups excluding carboxylic acids is 1. The lowest BCUT2D eigenvalue weighted by Crippen LogP contribution is -2.42. The van der Waals surface area contributed by atoms with Crippen LogP contribution in [0.25, 0.3) is 0 Å². The Kier molecular flexibility index (Phi) is 7.01. The van der Waals surface area contributed by atoms with E-state index in [1.807, 2.05) is 6.92 Å². The summed E-state index contributed by atoms with van der Waals surface area (Å²) in [6.07, 6.45) is 3.19. The number of carbonyl (C=O) groups is 1. The zero-order valence-corrected chi connectivity index (χ0v) is 16.3. The largest absolute Gasteiger partial charge is 0.334 e. The lowest BCUT2D eigenvalue weighted by molar-refractivity contribution is 0.0692. The van der Waals surface area contributed by atoms with Gasteiger partial charge in [0.1, 0.15) is 10.7 Å². The minimum absolute atomic E-state index is 0. The Morgan fingerprint density at radius 1 is 1.35 bits per heavy atom. The second-order valence-corrected chi connectivity index (χ2v) is 8.37. The van der Waals surface area contributed by atoms with Crippen molar-refractivity contribution < 1.29 is 17.6 Å². The van der Waals surface area contributed by atoms with Crippen molar-refractivity contribution in [2.75, 3.05) is 19.6 Å². The van der Waals surface area contributed by atoms with Gasteiger partial charge in [-0.2, -0.15) is 0 Å². The van der Waals surface area contributed by atoms with Crippen molar-refractivity contribution in [3.05, 3.63) is 29.6 Å². The predicted molar refractivity (Wildman–Crippen MR) is 99.6 cm³/mol. The van der Waals surface area contributed by atoms with E-state index in [9.17, 15) is 17.6 Å². The van der Waals surface area contributed by atoms with E-state index in [4.69, 9.17) is 0 Å². The molecule has 3 rings (SSSR count). The van der Waals surface area contributed by atoms with Crippen LogP contribution in [0.5, 0.6) is 0 Å². The highest BCUT2D eigenvalue weighted by molar-refractivity contribution is 7.89. The number of rotatable bonds is 7.